The van der Waals surface area contributed by atoms with Crippen molar-refractivity contribution in [1.82, 2.24) is 5.32 Å². The van der Waals surface area contributed by atoms with E-state index in [-0.39, 0.29) is 11.9 Å². The van der Waals surface area contributed by atoms with Crippen molar-refractivity contribution in [2.45, 2.75) is 32.7 Å². The van der Waals surface area contributed by atoms with E-state index in [9.17, 15) is 9.59 Å². The molecule has 0 heterocycles. The Balaban J connectivity index is 3.00. The highest BCUT2D eigenvalue weighted by molar-refractivity contribution is 5.90. The van der Waals surface area contributed by atoms with Gasteiger partial charge in [-0.1, -0.05) is 11.6 Å². The van der Waals surface area contributed by atoms with Gasteiger partial charge in [0.25, 0.3) is 0 Å². The van der Waals surface area contributed by atoms with E-state index in [2.05, 4.69) is 10.1 Å². The van der Waals surface area contributed by atoms with Gasteiger partial charge >= 0.3 is 5.97 Å². The highest BCUT2D eigenvalue weighted by atomic mass is 16.5. The van der Waals surface area contributed by atoms with Crippen molar-refractivity contribution >= 4 is 11.9 Å². The topological polar surface area (TPSA) is 55.4 Å². The molecule has 0 aromatic carbocycles. The molecule has 0 aliphatic heterocycles. The predicted molar refractivity (Wildman–Crippen MR) is 60.7 cm³/mol. The molecule has 88 valence electrons. The first-order chi connectivity index (χ1) is 7.36. The molecule has 0 unspecified atom stereocenters. The van der Waals surface area contributed by atoms with Crippen molar-refractivity contribution in [3.63, 3.8) is 0 Å². The molecule has 0 saturated carbocycles. The van der Waals surface area contributed by atoms with Crippen LogP contribution in [0.3, 0.4) is 0 Å². The minimum Gasteiger partial charge on any atom is -0.466 e. The van der Waals surface area contributed by atoms with Gasteiger partial charge in [-0.15, -0.1) is 0 Å². The Hall–Kier alpha value is -1.58. The van der Waals surface area contributed by atoms with Crippen molar-refractivity contribution in [2.75, 3.05) is 7.11 Å². The summed E-state index contributed by atoms with van der Waals surface area (Å²) >= 11 is 0. The third kappa shape index (κ3) is 2.95. The molecule has 0 radical (unpaired) electrons. The lowest BCUT2D eigenvalue weighted by atomic mass is 9.87. The SMILES string of the molecule is COC(=O)C1=C[C@@](C)(NC(C)=O)C=C(C)C1. The number of nitrogens with one attached hydrogen (secondary N) is 1. The monoisotopic (exact) mass is 223 g/mol. The van der Waals surface area contributed by atoms with Gasteiger partial charge in [0.2, 0.25) is 5.91 Å². The van der Waals surface area contributed by atoms with Crippen LogP contribution in [0.1, 0.15) is 27.2 Å². The van der Waals surface area contributed by atoms with Crippen LogP contribution in [0.25, 0.3) is 0 Å². The third-order valence-electron chi connectivity index (χ3n) is 2.38. The highest BCUT2D eigenvalue weighted by Gasteiger charge is 2.27. The summed E-state index contributed by atoms with van der Waals surface area (Å²) in [5.74, 6) is -0.474. The predicted octanol–water partition coefficient (Wildman–Crippen LogP) is 1.33. The molecule has 16 heavy (non-hydrogen) atoms. The Morgan fingerprint density at radius 2 is 2.06 bits per heavy atom. The second-order valence-corrected chi connectivity index (χ2v) is 4.29. The molecule has 1 aliphatic rings. The molecule has 1 amide bonds. The van der Waals surface area contributed by atoms with Crippen LogP contribution >= 0.6 is 0 Å². The summed E-state index contributed by atoms with van der Waals surface area (Å²) in [5.41, 5.74) is 1.02. The maximum absolute atomic E-state index is 11.5. The van der Waals surface area contributed by atoms with Gasteiger partial charge in [-0.3, -0.25) is 4.79 Å². The van der Waals surface area contributed by atoms with Gasteiger partial charge in [-0.25, -0.2) is 4.79 Å². The van der Waals surface area contributed by atoms with Crippen LogP contribution in [0.4, 0.5) is 0 Å². The highest BCUT2D eigenvalue weighted by Crippen LogP contribution is 2.25. The second kappa shape index (κ2) is 4.51. The summed E-state index contributed by atoms with van der Waals surface area (Å²) in [4.78, 5) is 22.5. The van der Waals surface area contributed by atoms with Crippen molar-refractivity contribution in [3.8, 4) is 0 Å². The van der Waals surface area contributed by atoms with Gasteiger partial charge in [0.05, 0.1) is 12.6 Å². The van der Waals surface area contributed by atoms with E-state index in [0.717, 1.165) is 5.57 Å². The molecule has 0 spiro atoms. The summed E-state index contributed by atoms with van der Waals surface area (Å²) in [7, 11) is 1.35. The molecule has 0 bridgehead atoms. The molecule has 4 heteroatoms. The first-order valence-corrected chi connectivity index (χ1v) is 5.13. The Labute approximate surface area is 95.4 Å². The van der Waals surface area contributed by atoms with Crippen molar-refractivity contribution in [1.29, 1.82) is 0 Å². The number of allylic oxidation sites excluding steroid dienone is 1. The second-order valence-electron chi connectivity index (χ2n) is 4.29. The Kier molecular flexibility index (Phi) is 3.52. The van der Waals surface area contributed by atoms with E-state index in [1.54, 1.807) is 6.08 Å². The first kappa shape index (κ1) is 12.5. The van der Waals surface area contributed by atoms with Gasteiger partial charge in [-0.2, -0.15) is 0 Å². The van der Waals surface area contributed by atoms with Crippen molar-refractivity contribution in [2.24, 2.45) is 0 Å². The first-order valence-electron chi connectivity index (χ1n) is 5.13. The minimum atomic E-state index is -0.600. The fourth-order valence-electron chi connectivity index (χ4n) is 2.03. The fraction of sp³-hybridized carbons (Fsp3) is 0.500. The number of carbonyl (C=O) groups excluding carboxylic acids is 2. The van der Waals surface area contributed by atoms with Gasteiger partial charge in [0.15, 0.2) is 0 Å². The van der Waals surface area contributed by atoms with E-state index in [0.29, 0.717) is 12.0 Å². The van der Waals surface area contributed by atoms with Gasteiger partial charge in [0.1, 0.15) is 0 Å². The average molecular weight is 223 g/mol. The van der Waals surface area contributed by atoms with E-state index < -0.39 is 5.54 Å². The van der Waals surface area contributed by atoms with E-state index in [4.69, 9.17) is 0 Å². The van der Waals surface area contributed by atoms with Crippen LogP contribution in [-0.4, -0.2) is 24.5 Å². The molecule has 0 fully saturated rings. The lowest BCUT2D eigenvalue weighted by Crippen LogP contribution is -2.43. The number of methoxy groups -OCH3 is 1. The molecular formula is C12H17NO3. The zero-order chi connectivity index (χ0) is 12.3. The lowest BCUT2D eigenvalue weighted by Gasteiger charge is -2.29. The number of rotatable bonds is 2. The molecule has 1 rings (SSSR count). The minimum absolute atomic E-state index is 0.131. The van der Waals surface area contributed by atoms with Crippen LogP contribution < -0.4 is 5.32 Å². The van der Waals surface area contributed by atoms with Gasteiger partial charge in [-0.05, 0) is 19.9 Å². The molecule has 0 aromatic heterocycles. The molecule has 1 aliphatic carbocycles. The average Bonchev–Trinajstić information content (AvgIpc) is 2.12. The van der Waals surface area contributed by atoms with E-state index in [1.807, 2.05) is 19.9 Å². The Morgan fingerprint density at radius 3 is 2.56 bits per heavy atom. The molecular weight excluding hydrogens is 206 g/mol. The largest absolute Gasteiger partial charge is 0.466 e. The zero-order valence-electron chi connectivity index (χ0n) is 10.1. The molecule has 0 aromatic rings. The van der Waals surface area contributed by atoms with Crippen LogP contribution in [0.5, 0.6) is 0 Å². The van der Waals surface area contributed by atoms with E-state index in [1.165, 1.54) is 14.0 Å². The molecule has 1 atom stereocenters. The Bertz CT molecular complexity index is 382. The lowest BCUT2D eigenvalue weighted by molar-refractivity contribution is -0.136. The molecule has 1 N–H and O–H groups in total. The third-order valence-corrected chi connectivity index (χ3v) is 2.38. The maximum Gasteiger partial charge on any atom is 0.333 e. The molecule has 4 nitrogen and oxygen atoms in total. The van der Waals surface area contributed by atoms with Crippen LogP contribution in [-0.2, 0) is 14.3 Å². The summed E-state index contributed by atoms with van der Waals surface area (Å²) in [5, 5.41) is 2.80. The summed E-state index contributed by atoms with van der Waals surface area (Å²) < 4.78 is 4.69. The normalized spacial score (nSPS) is 24.2. The summed E-state index contributed by atoms with van der Waals surface area (Å²) in [6, 6.07) is 0. The van der Waals surface area contributed by atoms with Crippen LogP contribution in [0.2, 0.25) is 0 Å². The summed E-state index contributed by atoms with van der Waals surface area (Å²) in [6.45, 7) is 5.23. The quantitative estimate of drug-likeness (QED) is 0.567. The van der Waals surface area contributed by atoms with Crippen LogP contribution in [0.15, 0.2) is 23.3 Å². The Morgan fingerprint density at radius 1 is 1.44 bits per heavy atom. The van der Waals surface area contributed by atoms with Gasteiger partial charge < -0.3 is 10.1 Å². The standard InChI is InChI=1S/C12H17NO3/c1-8-5-10(11(15)16-4)7-12(3,6-8)13-9(2)14/h6-7H,5H2,1-4H3,(H,13,14)/t12-/m0/s1. The fourth-order valence-corrected chi connectivity index (χ4v) is 2.03. The summed E-state index contributed by atoms with van der Waals surface area (Å²) in [6.07, 6.45) is 4.26. The van der Waals surface area contributed by atoms with E-state index >= 15 is 0 Å². The van der Waals surface area contributed by atoms with Crippen molar-refractivity contribution in [3.05, 3.63) is 23.3 Å². The smallest absolute Gasteiger partial charge is 0.333 e. The maximum atomic E-state index is 11.5. The number of carbonyl (C=O) groups is 2. The number of hydrogen-bond acceptors (Lipinski definition) is 3. The van der Waals surface area contributed by atoms with Crippen molar-refractivity contribution < 1.29 is 14.3 Å². The number of hydrogen-bond donors (Lipinski definition) is 1. The number of ether oxygens (including phenoxy) is 1. The van der Waals surface area contributed by atoms with Crippen LogP contribution in [0, 0.1) is 0 Å². The van der Waals surface area contributed by atoms with Gasteiger partial charge in [0, 0.05) is 18.9 Å². The number of esters is 1. The number of amides is 1. The zero-order valence-corrected chi connectivity index (χ0v) is 10.1. The molecule has 0 saturated heterocycles.